The van der Waals surface area contributed by atoms with Gasteiger partial charge in [0.2, 0.25) is 0 Å². The molecule has 1 spiro atoms. The van der Waals surface area contributed by atoms with Gasteiger partial charge in [0.15, 0.2) is 0 Å². The van der Waals surface area contributed by atoms with Crippen molar-refractivity contribution in [2.24, 2.45) is 0 Å². The summed E-state index contributed by atoms with van der Waals surface area (Å²) < 4.78 is 257. The third kappa shape index (κ3) is 4.07. The lowest BCUT2D eigenvalue weighted by Gasteiger charge is -2.31. The van der Waals surface area contributed by atoms with Gasteiger partial charge in [0.05, 0.1) is 59.1 Å². The normalized spacial score (nSPS) is 19.8. The van der Waals surface area contributed by atoms with Gasteiger partial charge in [-0.05, 0) is 93.4 Å². The topological polar surface area (TPSA) is 21.3 Å². The minimum absolute atomic E-state index is 0.0294. The van der Waals surface area contributed by atoms with Gasteiger partial charge in [-0.1, -0.05) is 145 Å². The Kier molecular flexibility index (Phi) is 3.10. The Hall–Kier alpha value is -7.62. The first-order valence-corrected chi connectivity index (χ1v) is 17.8. The maximum atomic E-state index is 10.1. The van der Waals surface area contributed by atoms with Crippen LogP contribution in [0.3, 0.4) is 0 Å². The number of rotatable bonds is 4. The van der Waals surface area contributed by atoms with E-state index in [1.165, 1.54) is 18.2 Å². The lowest BCUT2D eigenvalue weighted by Crippen LogP contribution is -2.26. The molecule has 0 unspecified atom stereocenters. The SMILES string of the molecule is [2H]c1cc(N(c2cc([2H])c3c4cc([2H])c([2H])c([2H])c4n(-c4c([2H])c([2H])c([2H])c([2H])c4[2H])c3c2)c2cc([2H])c3c(oc4c([2H])ccc([2H])c43)c2[2H])c2c(c1[2H])C1(c3c([2H])c([2H])c([2H])c([2H])c3-2)c2c([2H])c([2H])c([2H])c([2H])c2-c2c([2H])c([2H])c([2H])c([2H])c21. The number of hydrogen-bond donors (Lipinski definition) is 0. The fourth-order valence-electron chi connectivity index (χ4n) is 8.61. The van der Waals surface area contributed by atoms with Gasteiger partial charge in [-0.3, -0.25) is 0 Å². The molecule has 2 heterocycles. The Morgan fingerprint density at radius 2 is 1.10 bits per heavy atom. The fourth-order valence-corrected chi connectivity index (χ4v) is 8.61. The number of fused-ring (bicyclic) bond motifs is 16. The Balaban J connectivity index is 1.29. The van der Waals surface area contributed by atoms with E-state index in [0.29, 0.717) is 0 Å². The molecule has 11 aromatic rings. The third-order valence-electron chi connectivity index (χ3n) is 10.8. The van der Waals surface area contributed by atoms with Crippen molar-refractivity contribution in [2.45, 2.75) is 5.41 Å². The van der Waals surface area contributed by atoms with Gasteiger partial charge in [0.25, 0.3) is 0 Å². The molecule has 0 aliphatic heterocycles. The second kappa shape index (κ2) is 11.7. The van der Waals surface area contributed by atoms with Crippen molar-refractivity contribution in [1.82, 2.24) is 4.57 Å². The average molecular weight is 766 g/mol. The molecular formula is C55H34N2O. The van der Waals surface area contributed by atoms with Crippen molar-refractivity contribution in [3.63, 3.8) is 0 Å². The molecule has 0 fully saturated rings. The molecule has 0 saturated carbocycles. The first-order chi connectivity index (χ1) is 40.0. The van der Waals surface area contributed by atoms with E-state index in [1.807, 2.05) is 0 Å². The van der Waals surface area contributed by atoms with Crippen molar-refractivity contribution in [3.8, 4) is 27.9 Å². The minimum Gasteiger partial charge on any atom is -0.456 e. The van der Waals surface area contributed by atoms with E-state index >= 15 is 0 Å². The van der Waals surface area contributed by atoms with E-state index in [1.54, 1.807) is 0 Å². The molecule has 3 heteroatoms. The Bertz CT molecular complexity index is 4970. The zero-order chi connectivity index (χ0) is 61.4. The molecule has 3 nitrogen and oxygen atoms in total. The molecule has 13 rings (SSSR count). The number of furan rings is 1. The van der Waals surface area contributed by atoms with Crippen molar-refractivity contribution in [1.29, 1.82) is 0 Å². The van der Waals surface area contributed by atoms with Gasteiger partial charge >= 0.3 is 0 Å². The summed E-state index contributed by atoms with van der Waals surface area (Å²) >= 11 is 0. The molecule has 270 valence electrons. The molecule has 0 saturated heterocycles. The van der Waals surface area contributed by atoms with Crippen LogP contribution in [0.4, 0.5) is 17.1 Å². The molecule has 58 heavy (non-hydrogen) atoms. The molecule has 0 amide bonds. The Morgan fingerprint density at radius 3 is 1.91 bits per heavy atom. The Labute approximate surface area is 373 Å². The molecule has 2 aliphatic rings. The monoisotopic (exact) mass is 765 g/mol. The number of hydrogen-bond acceptors (Lipinski definition) is 2. The van der Waals surface area contributed by atoms with E-state index in [2.05, 4.69) is 0 Å². The van der Waals surface area contributed by atoms with Crippen LogP contribution in [0.1, 0.15) is 59.3 Å². The summed E-state index contributed by atoms with van der Waals surface area (Å²) in [5.74, 6) is 0. The molecule has 9 aromatic carbocycles. The summed E-state index contributed by atoms with van der Waals surface area (Å²) in [4.78, 5) is 1.11. The quantitative estimate of drug-likeness (QED) is 0.178. The van der Waals surface area contributed by atoms with Crippen LogP contribution < -0.4 is 4.90 Å². The van der Waals surface area contributed by atoms with Crippen LogP contribution >= 0.6 is 0 Å². The van der Waals surface area contributed by atoms with Crippen molar-refractivity contribution in [2.75, 3.05) is 4.90 Å². The minimum atomic E-state index is -2.76. The van der Waals surface area contributed by atoms with Crippen LogP contribution in [-0.4, -0.2) is 4.57 Å². The van der Waals surface area contributed by atoms with Crippen molar-refractivity contribution in [3.05, 3.63) is 228 Å². The average Bonchev–Trinajstić information content (AvgIpc) is 1.49. The highest BCUT2D eigenvalue weighted by Gasteiger charge is 2.52. The molecule has 2 aliphatic carbocycles. The van der Waals surface area contributed by atoms with Crippen LogP contribution in [0.5, 0.6) is 0 Å². The van der Waals surface area contributed by atoms with Gasteiger partial charge in [0, 0.05) is 50.2 Å². The smallest absolute Gasteiger partial charge is 0.137 e. The fraction of sp³-hybridized carbons (Fsp3) is 0.0182. The highest BCUT2D eigenvalue weighted by atomic mass is 16.3. The number of nitrogens with zero attached hydrogens (tertiary/aromatic N) is 2. The molecule has 0 bridgehead atoms. The first-order valence-electron chi connectivity index (χ1n) is 31.3. The number of para-hydroxylation sites is 3. The van der Waals surface area contributed by atoms with Crippen LogP contribution in [0.2, 0.25) is 0 Å². The zero-order valence-electron chi connectivity index (χ0n) is 56.3. The summed E-state index contributed by atoms with van der Waals surface area (Å²) in [6.07, 6.45) is 0. The molecule has 0 radical (unpaired) electrons. The summed E-state index contributed by atoms with van der Waals surface area (Å²) in [5.41, 5.74) is -9.97. The summed E-state index contributed by atoms with van der Waals surface area (Å²) in [7, 11) is 0. The van der Waals surface area contributed by atoms with Crippen LogP contribution in [0, 0.1) is 0 Å². The maximum absolute atomic E-state index is 10.1. The van der Waals surface area contributed by atoms with E-state index in [-0.39, 0.29) is 55.9 Å². The standard InChI is InChI=1S/C55H34N2O/c1-2-15-35(16-3-1)57-49-26-12-7-19-40(49)41-31-29-36(33-51(41)57)56(37-30-32-43-42-20-8-13-28-52(42)58-53(43)34-37)50-27-14-25-48-54(50)44-21-6-11-24-47(44)55(48)45-22-9-4-17-38(45)39-18-5-10-23-46(39)55/h1-34H/i1D,2D,3D,4D,5D,6D,7D,9D,10D,11D,12D,14D,15D,16D,17D,18D,20D,21D,22D,23D,24D,25D,26D,28D,31D,32D,34D. The highest BCUT2D eigenvalue weighted by Crippen LogP contribution is 2.64. The summed E-state index contributed by atoms with van der Waals surface area (Å²) in [6.45, 7) is 0. The maximum Gasteiger partial charge on any atom is 0.137 e. The largest absolute Gasteiger partial charge is 0.456 e. The predicted octanol–water partition coefficient (Wildman–Crippen LogP) is 14.5. The number of aromatic nitrogens is 1. The van der Waals surface area contributed by atoms with Crippen molar-refractivity contribution < 1.29 is 41.4 Å². The lowest BCUT2D eigenvalue weighted by molar-refractivity contribution is 0.669. The Morgan fingerprint density at radius 1 is 0.466 bits per heavy atom. The van der Waals surface area contributed by atoms with Gasteiger partial charge in [-0.25, -0.2) is 0 Å². The second-order valence-electron chi connectivity index (χ2n) is 13.5. The van der Waals surface area contributed by atoms with Gasteiger partial charge in [0.1, 0.15) is 11.2 Å². The highest BCUT2D eigenvalue weighted by molar-refractivity contribution is 6.11. The molecule has 0 N–H and O–H groups in total. The van der Waals surface area contributed by atoms with Gasteiger partial charge in [-0.2, -0.15) is 0 Å². The summed E-state index contributed by atoms with van der Waals surface area (Å²) in [5, 5.41) is -0.334. The van der Waals surface area contributed by atoms with Crippen LogP contribution in [0.25, 0.3) is 71.7 Å². The van der Waals surface area contributed by atoms with E-state index in [0.717, 1.165) is 33.7 Å². The van der Waals surface area contributed by atoms with Crippen LogP contribution in [-0.2, 0) is 5.41 Å². The lowest BCUT2D eigenvalue weighted by atomic mass is 9.70. The third-order valence-corrected chi connectivity index (χ3v) is 10.8. The first kappa shape index (κ1) is 15.4. The second-order valence-corrected chi connectivity index (χ2v) is 13.5. The summed E-state index contributed by atoms with van der Waals surface area (Å²) in [6, 6.07) is -11.9. The van der Waals surface area contributed by atoms with Crippen LogP contribution in [0.15, 0.2) is 210 Å². The van der Waals surface area contributed by atoms with E-state index in [4.69, 9.17) is 19.5 Å². The molecule has 2 aromatic heterocycles. The van der Waals surface area contributed by atoms with E-state index in [9.17, 15) is 21.9 Å². The van der Waals surface area contributed by atoms with Gasteiger partial charge in [-0.15, -0.1) is 0 Å². The van der Waals surface area contributed by atoms with Gasteiger partial charge < -0.3 is 13.9 Å². The molecular weight excluding hydrogens is 705 g/mol. The zero-order valence-corrected chi connectivity index (χ0v) is 29.3. The number of benzene rings is 9. The number of anilines is 3. The predicted molar refractivity (Wildman–Crippen MR) is 239 cm³/mol. The van der Waals surface area contributed by atoms with E-state index < -0.39 is 224 Å². The van der Waals surface area contributed by atoms with Crippen molar-refractivity contribution >= 4 is 60.8 Å². The molecule has 0 atom stereocenters.